The van der Waals surface area contributed by atoms with Crippen LogP contribution in [0, 0.1) is 11.8 Å². The van der Waals surface area contributed by atoms with Gasteiger partial charge in [0.15, 0.2) is 0 Å². The zero-order valence-corrected chi connectivity index (χ0v) is 17.0. The van der Waals surface area contributed by atoms with E-state index in [0.29, 0.717) is 5.02 Å². The van der Waals surface area contributed by atoms with E-state index in [0.717, 1.165) is 27.3 Å². The van der Waals surface area contributed by atoms with Gasteiger partial charge in [0.05, 0.1) is 11.8 Å². The van der Waals surface area contributed by atoms with Crippen molar-refractivity contribution in [1.82, 2.24) is 10.4 Å². The highest BCUT2D eigenvalue weighted by Crippen LogP contribution is 2.60. The van der Waals surface area contributed by atoms with Crippen LogP contribution < -0.4 is 5.43 Å². The van der Waals surface area contributed by atoms with Crippen LogP contribution in [0.15, 0.2) is 72.8 Å². The maximum absolute atomic E-state index is 13.5. The van der Waals surface area contributed by atoms with Crippen molar-refractivity contribution in [3.8, 4) is 0 Å². The fourth-order valence-electron chi connectivity index (χ4n) is 5.58. The van der Waals surface area contributed by atoms with Crippen molar-refractivity contribution in [2.75, 3.05) is 0 Å². The summed E-state index contributed by atoms with van der Waals surface area (Å²) in [6.45, 7) is 0. The molecule has 3 aromatic rings. The molecule has 2 bridgehead atoms. The van der Waals surface area contributed by atoms with Crippen molar-refractivity contribution in [3.05, 3.63) is 106 Å². The number of carbonyl (C=O) groups is 3. The first-order valence-corrected chi connectivity index (χ1v) is 10.6. The number of nitrogens with zero attached hydrogens (tertiary/aromatic N) is 1. The van der Waals surface area contributed by atoms with Crippen LogP contribution in [-0.2, 0) is 9.59 Å². The average Bonchev–Trinajstić information content (AvgIpc) is 3.04. The summed E-state index contributed by atoms with van der Waals surface area (Å²) >= 11 is 5.98. The SMILES string of the molecule is O=C(NN1C(=O)[C@H]2C3c4ccccc4C(c4ccccc43)[C@@H]2C1=O)c1cccc(Cl)c1. The van der Waals surface area contributed by atoms with Gasteiger partial charge < -0.3 is 0 Å². The number of benzene rings is 3. The largest absolute Gasteiger partial charge is 0.272 e. The molecule has 1 fully saturated rings. The molecule has 152 valence electrons. The van der Waals surface area contributed by atoms with Gasteiger partial charge in [0.1, 0.15) is 0 Å². The normalized spacial score (nSPS) is 25.1. The molecule has 31 heavy (non-hydrogen) atoms. The number of carbonyl (C=O) groups excluding carboxylic acids is 3. The van der Waals surface area contributed by atoms with Gasteiger partial charge in [-0.2, -0.15) is 5.01 Å². The highest BCUT2D eigenvalue weighted by Gasteiger charge is 2.62. The van der Waals surface area contributed by atoms with Gasteiger partial charge in [-0.25, -0.2) is 0 Å². The zero-order valence-electron chi connectivity index (χ0n) is 16.3. The van der Waals surface area contributed by atoms with E-state index < -0.39 is 17.7 Å². The molecule has 0 saturated carbocycles. The summed E-state index contributed by atoms with van der Waals surface area (Å²) in [4.78, 5) is 39.7. The summed E-state index contributed by atoms with van der Waals surface area (Å²) in [6.07, 6.45) is 0. The van der Waals surface area contributed by atoms with E-state index in [4.69, 9.17) is 11.6 Å². The maximum Gasteiger partial charge on any atom is 0.270 e. The van der Waals surface area contributed by atoms with E-state index >= 15 is 0 Å². The predicted octanol–water partition coefficient (Wildman–Crippen LogP) is 3.88. The number of rotatable bonds is 2. The summed E-state index contributed by atoms with van der Waals surface area (Å²) in [6, 6.07) is 22.5. The van der Waals surface area contributed by atoms with Gasteiger partial charge in [0, 0.05) is 22.4 Å². The van der Waals surface area contributed by atoms with Crippen LogP contribution in [-0.4, -0.2) is 22.7 Å². The Morgan fingerprint density at radius 1 is 0.742 bits per heavy atom. The molecule has 2 atom stereocenters. The van der Waals surface area contributed by atoms with Crippen molar-refractivity contribution in [1.29, 1.82) is 0 Å². The minimum atomic E-state index is -0.537. The molecule has 0 aromatic heterocycles. The van der Waals surface area contributed by atoms with Crippen molar-refractivity contribution >= 4 is 29.3 Å². The Morgan fingerprint density at radius 3 is 1.68 bits per heavy atom. The Morgan fingerprint density at radius 2 is 1.23 bits per heavy atom. The van der Waals surface area contributed by atoms with Crippen LogP contribution in [0.1, 0.15) is 44.4 Å². The molecule has 1 N–H and O–H groups in total. The topological polar surface area (TPSA) is 66.5 Å². The molecule has 0 unspecified atom stereocenters. The van der Waals surface area contributed by atoms with Gasteiger partial charge in [0.25, 0.3) is 17.7 Å². The molecule has 1 saturated heterocycles. The van der Waals surface area contributed by atoms with Gasteiger partial charge in [-0.3, -0.25) is 19.8 Å². The van der Waals surface area contributed by atoms with Crippen LogP contribution >= 0.6 is 11.6 Å². The number of hydrazine groups is 1. The van der Waals surface area contributed by atoms with Gasteiger partial charge in [-0.05, 0) is 40.5 Å². The smallest absolute Gasteiger partial charge is 0.270 e. The van der Waals surface area contributed by atoms with E-state index in [-0.39, 0.29) is 29.2 Å². The molecule has 4 aliphatic rings. The standard InChI is InChI=1S/C25H17ClN2O3/c26-14-7-5-6-13(12-14)23(29)27-28-24(30)21-19-15-8-1-2-9-16(15)20(22(21)25(28)31)18-11-4-3-10-17(18)19/h1-12,19-22H,(H,27,29)/t19?,20?,21-,22-/m0/s1. The second kappa shape index (κ2) is 6.53. The molecule has 3 aromatic carbocycles. The summed E-state index contributed by atoms with van der Waals surface area (Å²) in [5.41, 5.74) is 7.20. The molecule has 3 aliphatic carbocycles. The van der Waals surface area contributed by atoms with Crippen molar-refractivity contribution in [2.24, 2.45) is 11.8 Å². The second-order valence-corrected chi connectivity index (χ2v) is 8.66. The predicted molar refractivity (Wildman–Crippen MR) is 114 cm³/mol. The lowest BCUT2D eigenvalue weighted by molar-refractivity contribution is -0.142. The summed E-state index contributed by atoms with van der Waals surface area (Å²) in [5, 5.41) is 1.33. The summed E-state index contributed by atoms with van der Waals surface area (Å²) in [5.74, 6) is -2.71. The number of hydrogen-bond donors (Lipinski definition) is 1. The fourth-order valence-corrected chi connectivity index (χ4v) is 5.77. The molecule has 6 heteroatoms. The summed E-state index contributed by atoms with van der Waals surface area (Å²) < 4.78 is 0. The Labute approximate surface area is 183 Å². The van der Waals surface area contributed by atoms with Crippen LogP contribution in [0.4, 0.5) is 0 Å². The molecular weight excluding hydrogens is 412 g/mol. The Balaban J connectivity index is 1.42. The molecule has 0 spiro atoms. The van der Waals surface area contributed by atoms with Crippen molar-refractivity contribution in [2.45, 2.75) is 11.8 Å². The third kappa shape index (κ3) is 2.47. The number of hydrogen-bond acceptors (Lipinski definition) is 3. The lowest BCUT2D eigenvalue weighted by atomic mass is 9.55. The van der Waals surface area contributed by atoms with Crippen molar-refractivity contribution < 1.29 is 14.4 Å². The average molecular weight is 429 g/mol. The van der Waals surface area contributed by atoms with Crippen molar-refractivity contribution in [3.63, 3.8) is 0 Å². The van der Waals surface area contributed by atoms with E-state index in [9.17, 15) is 14.4 Å². The molecule has 0 radical (unpaired) electrons. The first-order chi connectivity index (χ1) is 15.1. The number of halogens is 1. The molecule has 3 amide bonds. The van der Waals surface area contributed by atoms with E-state index in [1.807, 2.05) is 48.5 Å². The third-order valence-corrected chi connectivity index (χ3v) is 6.98. The first kappa shape index (κ1) is 18.3. The van der Waals surface area contributed by atoms with Crippen LogP contribution in [0.2, 0.25) is 5.02 Å². The number of imide groups is 1. The summed E-state index contributed by atoms with van der Waals surface area (Å²) in [7, 11) is 0. The van der Waals surface area contributed by atoms with Gasteiger partial charge in [-0.1, -0.05) is 66.2 Å². The number of amides is 3. The third-order valence-electron chi connectivity index (χ3n) is 6.75. The highest BCUT2D eigenvalue weighted by atomic mass is 35.5. The fraction of sp³-hybridized carbons (Fsp3) is 0.160. The second-order valence-electron chi connectivity index (χ2n) is 8.23. The van der Waals surface area contributed by atoms with E-state index in [1.54, 1.807) is 18.2 Å². The van der Waals surface area contributed by atoms with E-state index in [2.05, 4.69) is 5.43 Å². The minimum Gasteiger partial charge on any atom is -0.272 e. The zero-order chi connectivity index (χ0) is 21.3. The van der Waals surface area contributed by atoms with Gasteiger partial charge >= 0.3 is 0 Å². The van der Waals surface area contributed by atoms with Crippen LogP contribution in [0.3, 0.4) is 0 Å². The first-order valence-electron chi connectivity index (χ1n) is 10.2. The Hall–Kier alpha value is -3.44. The molecule has 5 nitrogen and oxygen atoms in total. The van der Waals surface area contributed by atoms with Gasteiger partial charge in [-0.15, -0.1) is 0 Å². The Kier molecular flexibility index (Phi) is 3.86. The molecule has 1 heterocycles. The molecular formula is C25H17ClN2O3. The minimum absolute atomic E-state index is 0.202. The Bertz CT molecular complexity index is 1170. The van der Waals surface area contributed by atoms with E-state index in [1.165, 1.54) is 6.07 Å². The molecule has 7 rings (SSSR count). The van der Waals surface area contributed by atoms with Crippen LogP contribution in [0.25, 0.3) is 0 Å². The number of nitrogens with one attached hydrogen (secondary N) is 1. The quantitative estimate of drug-likeness (QED) is 0.630. The lowest BCUT2D eigenvalue weighted by Gasteiger charge is -2.45. The van der Waals surface area contributed by atoms with Crippen LogP contribution in [0.5, 0.6) is 0 Å². The maximum atomic E-state index is 13.5. The highest BCUT2D eigenvalue weighted by molar-refractivity contribution is 6.31. The van der Waals surface area contributed by atoms with Gasteiger partial charge in [0.2, 0.25) is 0 Å². The monoisotopic (exact) mass is 428 g/mol. The lowest BCUT2D eigenvalue weighted by Crippen LogP contribution is -2.46. The molecule has 1 aliphatic heterocycles.